The first-order valence-electron chi connectivity index (χ1n) is 11.5. The third-order valence-corrected chi connectivity index (χ3v) is 6.94. The molecule has 0 radical (unpaired) electrons. The Labute approximate surface area is 199 Å². The standard InChI is InChI=1S/C28H27ClFN3/c29-23-10-6-22(7-11-23)27-18-28(32-31-27)25-15-17-33(16-14-20-4-2-1-3-5-20)19-26(25)21-8-12-24(30)13-9-21/h1-13,18,25-26H,14-17,19H2,(H,31,32)/t25?,26-/m1/s1. The number of likely N-dealkylation sites (tertiary alicyclic amines) is 1. The van der Waals surface area contributed by atoms with Gasteiger partial charge in [-0.2, -0.15) is 5.10 Å². The molecule has 1 unspecified atom stereocenters. The summed E-state index contributed by atoms with van der Waals surface area (Å²) in [4.78, 5) is 2.54. The van der Waals surface area contributed by atoms with Crippen LogP contribution in [0.3, 0.4) is 0 Å². The number of nitrogens with one attached hydrogen (secondary N) is 1. The molecule has 1 N–H and O–H groups in total. The van der Waals surface area contributed by atoms with E-state index in [2.05, 4.69) is 51.5 Å². The van der Waals surface area contributed by atoms with Crippen molar-refractivity contribution in [3.63, 3.8) is 0 Å². The summed E-state index contributed by atoms with van der Waals surface area (Å²) in [6, 6.07) is 27.6. The lowest BCUT2D eigenvalue weighted by molar-refractivity contribution is 0.189. The van der Waals surface area contributed by atoms with Gasteiger partial charge in [-0.05, 0) is 60.8 Å². The molecule has 5 rings (SSSR count). The maximum atomic E-state index is 13.6. The number of aromatic nitrogens is 2. The molecule has 0 spiro atoms. The van der Waals surface area contributed by atoms with Gasteiger partial charge < -0.3 is 4.90 Å². The van der Waals surface area contributed by atoms with Crippen molar-refractivity contribution in [3.05, 3.63) is 113 Å². The van der Waals surface area contributed by atoms with Gasteiger partial charge in [-0.15, -0.1) is 0 Å². The normalized spacial score (nSPS) is 19.0. The lowest BCUT2D eigenvalue weighted by Crippen LogP contribution is -2.39. The number of hydrogen-bond acceptors (Lipinski definition) is 2. The average Bonchev–Trinajstić information content (AvgIpc) is 3.34. The van der Waals surface area contributed by atoms with Crippen molar-refractivity contribution in [1.29, 1.82) is 0 Å². The Morgan fingerprint density at radius 2 is 1.70 bits per heavy atom. The van der Waals surface area contributed by atoms with Crippen molar-refractivity contribution in [2.24, 2.45) is 0 Å². The number of rotatable bonds is 6. The van der Waals surface area contributed by atoms with Crippen LogP contribution in [-0.2, 0) is 6.42 Å². The van der Waals surface area contributed by atoms with E-state index in [-0.39, 0.29) is 11.7 Å². The second-order valence-corrected chi connectivity index (χ2v) is 9.24. The highest BCUT2D eigenvalue weighted by Gasteiger charge is 2.32. The van der Waals surface area contributed by atoms with E-state index >= 15 is 0 Å². The molecule has 4 aromatic rings. The monoisotopic (exact) mass is 459 g/mol. The molecule has 1 saturated heterocycles. The van der Waals surface area contributed by atoms with E-state index < -0.39 is 0 Å². The predicted molar refractivity (Wildman–Crippen MR) is 132 cm³/mol. The van der Waals surface area contributed by atoms with E-state index in [9.17, 15) is 4.39 Å². The second kappa shape index (κ2) is 9.90. The van der Waals surface area contributed by atoms with Crippen LogP contribution < -0.4 is 0 Å². The molecule has 1 aromatic heterocycles. The molecule has 1 fully saturated rings. The molecule has 3 aromatic carbocycles. The first-order chi connectivity index (χ1) is 16.2. The van der Waals surface area contributed by atoms with E-state index in [1.807, 2.05) is 36.4 Å². The third-order valence-electron chi connectivity index (χ3n) is 6.69. The Morgan fingerprint density at radius 3 is 2.45 bits per heavy atom. The summed E-state index contributed by atoms with van der Waals surface area (Å²) >= 11 is 6.04. The quantitative estimate of drug-likeness (QED) is 0.348. The third kappa shape index (κ3) is 5.18. The van der Waals surface area contributed by atoms with Gasteiger partial charge in [0.15, 0.2) is 0 Å². The molecule has 168 valence electrons. The molecule has 2 atom stereocenters. The fourth-order valence-electron chi connectivity index (χ4n) is 4.87. The molecule has 33 heavy (non-hydrogen) atoms. The highest BCUT2D eigenvalue weighted by atomic mass is 35.5. The highest BCUT2D eigenvalue weighted by molar-refractivity contribution is 6.30. The zero-order valence-electron chi connectivity index (χ0n) is 18.4. The molecule has 0 bridgehead atoms. The largest absolute Gasteiger partial charge is 0.302 e. The number of aromatic amines is 1. The molecule has 0 saturated carbocycles. The summed E-state index contributed by atoms with van der Waals surface area (Å²) in [5, 5.41) is 8.60. The van der Waals surface area contributed by atoms with Gasteiger partial charge in [0, 0.05) is 41.2 Å². The van der Waals surface area contributed by atoms with Crippen molar-refractivity contribution in [2.75, 3.05) is 19.6 Å². The van der Waals surface area contributed by atoms with Gasteiger partial charge in [0.25, 0.3) is 0 Å². The molecule has 1 aliphatic heterocycles. The molecule has 5 heteroatoms. The summed E-state index contributed by atoms with van der Waals surface area (Å²) < 4.78 is 13.6. The zero-order valence-corrected chi connectivity index (χ0v) is 19.2. The number of H-pyrrole nitrogens is 1. The molecule has 0 aliphatic carbocycles. The van der Waals surface area contributed by atoms with Gasteiger partial charge in [0.05, 0.1) is 5.69 Å². The maximum Gasteiger partial charge on any atom is 0.123 e. The zero-order chi connectivity index (χ0) is 22.6. The molecule has 2 heterocycles. The lowest BCUT2D eigenvalue weighted by Gasteiger charge is -2.38. The Hall–Kier alpha value is -2.95. The van der Waals surface area contributed by atoms with E-state index in [1.54, 1.807) is 12.1 Å². The summed E-state index contributed by atoms with van der Waals surface area (Å²) in [5.41, 5.74) is 5.64. The van der Waals surface area contributed by atoms with Crippen molar-refractivity contribution < 1.29 is 4.39 Å². The summed E-state index contributed by atoms with van der Waals surface area (Å²) in [6.45, 7) is 3.00. The van der Waals surface area contributed by atoms with Crippen LogP contribution in [0.4, 0.5) is 4.39 Å². The van der Waals surface area contributed by atoms with Crippen LogP contribution in [0.5, 0.6) is 0 Å². The number of nitrogens with zero attached hydrogens (tertiary/aromatic N) is 2. The second-order valence-electron chi connectivity index (χ2n) is 8.80. The Balaban J connectivity index is 1.37. The van der Waals surface area contributed by atoms with Gasteiger partial charge in [-0.1, -0.05) is 66.2 Å². The Bertz CT molecular complexity index is 1170. The number of hydrogen-bond donors (Lipinski definition) is 1. The summed E-state index contributed by atoms with van der Waals surface area (Å²) in [7, 11) is 0. The van der Waals surface area contributed by atoms with Gasteiger partial charge >= 0.3 is 0 Å². The molecular weight excluding hydrogens is 433 g/mol. The summed E-state index contributed by atoms with van der Waals surface area (Å²) in [6.07, 6.45) is 2.06. The van der Waals surface area contributed by atoms with Crippen molar-refractivity contribution in [2.45, 2.75) is 24.7 Å². The number of halogens is 2. The van der Waals surface area contributed by atoms with Gasteiger partial charge in [0.2, 0.25) is 0 Å². The smallest absolute Gasteiger partial charge is 0.123 e. The van der Waals surface area contributed by atoms with Crippen molar-refractivity contribution in [1.82, 2.24) is 15.1 Å². The molecule has 1 aliphatic rings. The van der Waals surface area contributed by atoms with E-state index in [0.29, 0.717) is 10.9 Å². The predicted octanol–water partition coefficient (Wildman–Crippen LogP) is 6.69. The van der Waals surface area contributed by atoms with Crippen LogP contribution in [0.1, 0.15) is 35.1 Å². The fraction of sp³-hybridized carbons (Fsp3) is 0.250. The lowest BCUT2D eigenvalue weighted by atomic mass is 9.78. The minimum Gasteiger partial charge on any atom is -0.302 e. The SMILES string of the molecule is Fc1ccc([C@H]2CN(CCc3ccccc3)CCC2c2cc(-c3ccc(Cl)cc3)n[nH]2)cc1. The van der Waals surface area contributed by atoms with Crippen LogP contribution in [0.15, 0.2) is 84.9 Å². The van der Waals surface area contributed by atoms with Crippen LogP contribution in [0.25, 0.3) is 11.3 Å². The Kier molecular flexibility index (Phi) is 6.56. The minimum absolute atomic E-state index is 0.196. The van der Waals surface area contributed by atoms with E-state index in [0.717, 1.165) is 49.4 Å². The first-order valence-corrected chi connectivity index (χ1v) is 11.9. The number of benzene rings is 3. The molecule has 3 nitrogen and oxygen atoms in total. The Morgan fingerprint density at radius 1 is 0.939 bits per heavy atom. The minimum atomic E-state index is -0.196. The van der Waals surface area contributed by atoms with E-state index in [1.165, 1.54) is 11.1 Å². The van der Waals surface area contributed by atoms with Crippen molar-refractivity contribution >= 4 is 11.6 Å². The fourth-order valence-corrected chi connectivity index (χ4v) is 5.00. The van der Waals surface area contributed by atoms with Crippen LogP contribution in [0.2, 0.25) is 5.02 Å². The van der Waals surface area contributed by atoms with Crippen molar-refractivity contribution in [3.8, 4) is 11.3 Å². The molecule has 0 amide bonds. The van der Waals surface area contributed by atoms with E-state index in [4.69, 9.17) is 11.6 Å². The first kappa shape index (κ1) is 21.9. The van der Waals surface area contributed by atoms with Gasteiger partial charge in [0.1, 0.15) is 5.82 Å². The number of piperidine rings is 1. The van der Waals surface area contributed by atoms with Gasteiger partial charge in [-0.3, -0.25) is 5.10 Å². The maximum absolute atomic E-state index is 13.6. The van der Waals surface area contributed by atoms with Crippen LogP contribution in [-0.4, -0.2) is 34.7 Å². The van der Waals surface area contributed by atoms with Crippen LogP contribution >= 0.6 is 11.6 Å². The molecular formula is C28H27ClFN3. The topological polar surface area (TPSA) is 31.9 Å². The highest BCUT2D eigenvalue weighted by Crippen LogP contribution is 2.40. The van der Waals surface area contributed by atoms with Crippen LogP contribution in [0, 0.1) is 5.82 Å². The van der Waals surface area contributed by atoms with Gasteiger partial charge in [-0.25, -0.2) is 4.39 Å². The average molecular weight is 460 g/mol. The summed E-state index contributed by atoms with van der Waals surface area (Å²) in [5.74, 6) is 0.379.